The van der Waals surface area contributed by atoms with Gasteiger partial charge in [0, 0.05) is 12.3 Å². The molecule has 1 N–H and O–H groups in total. The van der Waals surface area contributed by atoms with Crippen molar-refractivity contribution in [2.24, 2.45) is 0 Å². The first-order valence-electron chi connectivity index (χ1n) is 6.65. The SMILES string of the molecule is CC(c1ccccc1)C(Cc1ccccc1)OC(=O)O. The number of rotatable bonds is 5. The second-order valence-electron chi connectivity index (χ2n) is 4.81. The summed E-state index contributed by atoms with van der Waals surface area (Å²) in [6, 6.07) is 19.6. The molecule has 0 fully saturated rings. The second-order valence-corrected chi connectivity index (χ2v) is 4.81. The van der Waals surface area contributed by atoms with Gasteiger partial charge in [0.1, 0.15) is 6.10 Å². The number of hydrogen-bond acceptors (Lipinski definition) is 2. The standard InChI is InChI=1S/C17H18O3/c1-13(15-10-6-3-7-11-15)16(20-17(18)19)12-14-8-4-2-5-9-14/h2-11,13,16H,12H2,1H3,(H,18,19). The molecule has 20 heavy (non-hydrogen) atoms. The van der Waals surface area contributed by atoms with Gasteiger partial charge in [0.15, 0.2) is 0 Å². The molecule has 0 saturated carbocycles. The Hall–Kier alpha value is -2.29. The Bertz CT molecular complexity index is 537. The lowest BCUT2D eigenvalue weighted by molar-refractivity contribution is 0.0422. The minimum absolute atomic E-state index is 0.00695. The number of benzene rings is 2. The van der Waals surface area contributed by atoms with Gasteiger partial charge in [-0.1, -0.05) is 67.6 Å². The van der Waals surface area contributed by atoms with E-state index in [9.17, 15) is 4.79 Å². The van der Waals surface area contributed by atoms with Crippen molar-refractivity contribution in [2.45, 2.75) is 25.4 Å². The third-order valence-electron chi connectivity index (χ3n) is 3.41. The molecule has 2 unspecified atom stereocenters. The number of carboxylic acid groups (broad SMARTS) is 1. The van der Waals surface area contributed by atoms with E-state index in [-0.39, 0.29) is 5.92 Å². The van der Waals surface area contributed by atoms with Crippen LogP contribution in [0.1, 0.15) is 24.0 Å². The zero-order valence-corrected chi connectivity index (χ0v) is 11.4. The number of ether oxygens (including phenoxy) is 1. The molecule has 104 valence electrons. The highest BCUT2D eigenvalue weighted by Gasteiger charge is 2.23. The van der Waals surface area contributed by atoms with E-state index in [1.54, 1.807) is 0 Å². The summed E-state index contributed by atoms with van der Waals surface area (Å²) in [5.74, 6) is 0.00695. The Balaban J connectivity index is 2.17. The molecule has 0 heterocycles. The summed E-state index contributed by atoms with van der Waals surface area (Å²) in [5, 5.41) is 8.94. The van der Waals surface area contributed by atoms with Gasteiger partial charge in [-0.25, -0.2) is 4.79 Å². The molecule has 3 heteroatoms. The van der Waals surface area contributed by atoms with Crippen LogP contribution >= 0.6 is 0 Å². The predicted molar refractivity (Wildman–Crippen MR) is 77.9 cm³/mol. The minimum atomic E-state index is -1.23. The highest BCUT2D eigenvalue weighted by atomic mass is 16.7. The van der Waals surface area contributed by atoms with Crippen LogP contribution in [0.4, 0.5) is 4.79 Å². The van der Waals surface area contributed by atoms with Crippen LogP contribution in [0, 0.1) is 0 Å². The van der Waals surface area contributed by atoms with E-state index < -0.39 is 12.3 Å². The van der Waals surface area contributed by atoms with E-state index in [1.807, 2.05) is 67.6 Å². The van der Waals surface area contributed by atoms with Crippen molar-refractivity contribution in [3.63, 3.8) is 0 Å². The molecule has 0 saturated heterocycles. The topological polar surface area (TPSA) is 46.5 Å². The molecule has 2 rings (SSSR count). The van der Waals surface area contributed by atoms with E-state index in [4.69, 9.17) is 9.84 Å². The van der Waals surface area contributed by atoms with Gasteiger partial charge in [-0.3, -0.25) is 0 Å². The Labute approximate surface area is 118 Å². The zero-order valence-electron chi connectivity index (χ0n) is 11.4. The van der Waals surface area contributed by atoms with E-state index in [2.05, 4.69) is 0 Å². The van der Waals surface area contributed by atoms with Crippen LogP contribution in [0.3, 0.4) is 0 Å². The molecule has 0 aliphatic heterocycles. The van der Waals surface area contributed by atoms with Crippen LogP contribution in [0.5, 0.6) is 0 Å². The van der Waals surface area contributed by atoms with Crippen molar-refractivity contribution in [2.75, 3.05) is 0 Å². The summed E-state index contributed by atoms with van der Waals surface area (Å²) < 4.78 is 5.09. The molecule has 0 aromatic heterocycles. The maximum Gasteiger partial charge on any atom is 0.506 e. The summed E-state index contributed by atoms with van der Waals surface area (Å²) in [5.41, 5.74) is 2.15. The molecule has 0 bridgehead atoms. The zero-order chi connectivity index (χ0) is 14.4. The summed E-state index contributed by atoms with van der Waals surface area (Å²) in [6.07, 6.45) is -1.05. The third kappa shape index (κ3) is 3.85. The molecule has 2 aromatic carbocycles. The number of carbonyl (C=O) groups is 1. The fraction of sp³-hybridized carbons (Fsp3) is 0.235. The lowest BCUT2D eigenvalue weighted by Gasteiger charge is -2.23. The van der Waals surface area contributed by atoms with Gasteiger partial charge >= 0.3 is 6.16 Å². The van der Waals surface area contributed by atoms with Crippen molar-refractivity contribution in [3.05, 3.63) is 71.8 Å². The van der Waals surface area contributed by atoms with Gasteiger partial charge in [0.05, 0.1) is 0 Å². The Kier molecular flexibility index (Phi) is 4.77. The van der Waals surface area contributed by atoms with Crippen LogP contribution < -0.4 is 0 Å². The lowest BCUT2D eigenvalue weighted by Crippen LogP contribution is -2.25. The number of hydrogen-bond donors (Lipinski definition) is 1. The molecule has 2 atom stereocenters. The molecule has 0 radical (unpaired) electrons. The predicted octanol–water partition coefficient (Wildman–Crippen LogP) is 4.10. The average molecular weight is 270 g/mol. The third-order valence-corrected chi connectivity index (χ3v) is 3.41. The van der Waals surface area contributed by atoms with Gasteiger partial charge in [0.25, 0.3) is 0 Å². The van der Waals surface area contributed by atoms with Crippen molar-refractivity contribution in [1.29, 1.82) is 0 Å². The molecule has 2 aromatic rings. The van der Waals surface area contributed by atoms with Crippen LogP contribution in [-0.4, -0.2) is 17.4 Å². The molecule has 0 aliphatic carbocycles. The fourth-order valence-corrected chi connectivity index (χ4v) is 2.27. The van der Waals surface area contributed by atoms with E-state index in [1.165, 1.54) is 0 Å². The summed E-state index contributed by atoms with van der Waals surface area (Å²) >= 11 is 0. The highest BCUT2D eigenvalue weighted by molar-refractivity contribution is 5.57. The van der Waals surface area contributed by atoms with E-state index in [0.29, 0.717) is 6.42 Å². The Morgan fingerprint density at radius 2 is 1.60 bits per heavy atom. The van der Waals surface area contributed by atoms with Crippen LogP contribution in [-0.2, 0) is 11.2 Å². The highest BCUT2D eigenvalue weighted by Crippen LogP contribution is 2.24. The molecule has 3 nitrogen and oxygen atoms in total. The van der Waals surface area contributed by atoms with Gasteiger partial charge in [0.2, 0.25) is 0 Å². The van der Waals surface area contributed by atoms with Crippen LogP contribution in [0.25, 0.3) is 0 Å². The monoisotopic (exact) mass is 270 g/mol. The maximum atomic E-state index is 10.9. The van der Waals surface area contributed by atoms with Crippen molar-refractivity contribution in [1.82, 2.24) is 0 Å². The van der Waals surface area contributed by atoms with Gasteiger partial charge in [-0.05, 0) is 11.1 Å². The normalized spacial score (nSPS) is 13.4. The largest absolute Gasteiger partial charge is 0.506 e. The summed E-state index contributed by atoms with van der Waals surface area (Å²) in [6.45, 7) is 1.99. The Morgan fingerprint density at radius 3 is 2.15 bits per heavy atom. The Morgan fingerprint density at radius 1 is 1.05 bits per heavy atom. The van der Waals surface area contributed by atoms with E-state index in [0.717, 1.165) is 11.1 Å². The molecule has 0 spiro atoms. The van der Waals surface area contributed by atoms with E-state index >= 15 is 0 Å². The molecular formula is C17H18O3. The lowest BCUT2D eigenvalue weighted by atomic mass is 9.91. The van der Waals surface area contributed by atoms with Crippen molar-refractivity contribution < 1.29 is 14.6 Å². The first kappa shape index (κ1) is 14.1. The fourth-order valence-electron chi connectivity index (χ4n) is 2.27. The van der Waals surface area contributed by atoms with Gasteiger partial charge < -0.3 is 9.84 Å². The summed E-state index contributed by atoms with van der Waals surface area (Å²) in [7, 11) is 0. The average Bonchev–Trinajstić information content (AvgIpc) is 2.47. The first-order valence-corrected chi connectivity index (χ1v) is 6.65. The summed E-state index contributed by atoms with van der Waals surface area (Å²) in [4.78, 5) is 10.9. The minimum Gasteiger partial charge on any atom is -0.450 e. The second kappa shape index (κ2) is 6.75. The molecular weight excluding hydrogens is 252 g/mol. The van der Waals surface area contributed by atoms with Gasteiger partial charge in [-0.2, -0.15) is 0 Å². The van der Waals surface area contributed by atoms with Crippen LogP contribution in [0.15, 0.2) is 60.7 Å². The maximum absolute atomic E-state index is 10.9. The quantitative estimate of drug-likeness (QED) is 0.832. The first-order chi connectivity index (χ1) is 9.66. The van der Waals surface area contributed by atoms with Crippen molar-refractivity contribution >= 4 is 6.16 Å². The molecule has 0 aliphatic rings. The molecule has 0 amide bonds. The smallest absolute Gasteiger partial charge is 0.450 e. The van der Waals surface area contributed by atoms with Crippen LogP contribution in [0.2, 0.25) is 0 Å². The van der Waals surface area contributed by atoms with Gasteiger partial charge in [-0.15, -0.1) is 0 Å². The van der Waals surface area contributed by atoms with Crippen molar-refractivity contribution in [3.8, 4) is 0 Å².